The fraction of sp³-hybridized carbons (Fsp3) is 0.429. The number of para-hydroxylation sites is 1. The molecule has 10 nitrogen and oxygen atoms in total. The molecule has 2 heterocycles. The Morgan fingerprint density at radius 3 is 1.92 bits per heavy atom. The van der Waals surface area contributed by atoms with Crippen molar-refractivity contribution in [1.29, 1.82) is 0 Å². The summed E-state index contributed by atoms with van der Waals surface area (Å²) in [4.78, 5) is 43.6. The summed E-state index contributed by atoms with van der Waals surface area (Å²) in [5.41, 5.74) is 4.44. The van der Waals surface area contributed by atoms with Crippen LogP contribution in [0.3, 0.4) is 0 Å². The molecular formula is C42H49N5O5. The van der Waals surface area contributed by atoms with Crippen molar-refractivity contribution in [2.75, 3.05) is 11.4 Å². The number of hydrogen-bond acceptors (Lipinski definition) is 6. The Bertz CT molecular complexity index is 1810. The largest absolute Gasteiger partial charge is 0.371 e. The van der Waals surface area contributed by atoms with E-state index < -0.39 is 0 Å². The fourth-order valence-electron chi connectivity index (χ4n) is 7.82. The minimum Gasteiger partial charge on any atom is -0.371 e. The third-order valence-electron chi connectivity index (χ3n) is 10.6. The number of ether oxygens (including phenoxy) is 2. The van der Waals surface area contributed by atoms with E-state index in [4.69, 9.17) is 9.47 Å². The normalized spacial score (nSPS) is 21.6. The minimum atomic E-state index is -0.375. The van der Waals surface area contributed by atoms with E-state index in [0.29, 0.717) is 19.8 Å². The number of anilines is 1. The predicted octanol–water partition coefficient (Wildman–Crippen LogP) is 6.38. The number of aromatic nitrogens is 2. The number of fused-ring (bicyclic) bond motifs is 1. The second-order valence-corrected chi connectivity index (χ2v) is 14.3. The van der Waals surface area contributed by atoms with Crippen molar-refractivity contribution in [3.8, 4) is 0 Å². The molecule has 0 bridgehead atoms. The van der Waals surface area contributed by atoms with E-state index in [1.807, 2.05) is 84.9 Å². The quantitative estimate of drug-likeness (QED) is 0.177. The zero-order valence-corrected chi connectivity index (χ0v) is 29.8. The summed E-state index contributed by atoms with van der Waals surface area (Å²) in [6.45, 7) is 1.29. The highest BCUT2D eigenvalue weighted by Gasteiger charge is 2.32. The van der Waals surface area contributed by atoms with E-state index in [1.165, 1.54) is 10.7 Å². The molecule has 10 heteroatoms. The van der Waals surface area contributed by atoms with Gasteiger partial charge in [0.25, 0.3) is 11.8 Å². The molecule has 272 valence electrons. The summed E-state index contributed by atoms with van der Waals surface area (Å²) < 4.78 is 14.0. The smallest absolute Gasteiger partial charge is 0.278 e. The number of amides is 3. The molecule has 0 saturated heterocycles. The first-order chi connectivity index (χ1) is 25.5. The van der Waals surface area contributed by atoms with Crippen molar-refractivity contribution in [3.63, 3.8) is 0 Å². The maximum atomic E-state index is 14.1. The molecule has 7 rings (SSSR count). The van der Waals surface area contributed by atoms with Gasteiger partial charge in [-0.25, -0.2) is 4.68 Å². The zero-order chi connectivity index (χ0) is 35.7. The molecule has 3 aromatic carbocycles. The SMILES string of the molecule is O=C(Cn1nc(C(=O)N2CCCc3ccccc32)cc1C(=O)N[C@H]1CCCC[C@@H]1OCc1ccccc1)N[C@H]1CCCC[C@@H]1OCc1ccccc1. The first kappa shape index (κ1) is 35.6. The maximum absolute atomic E-state index is 14.1. The Hall–Kier alpha value is -4.80. The molecular weight excluding hydrogens is 654 g/mol. The van der Waals surface area contributed by atoms with E-state index in [2.05, 4.69) is 15.7 Å². The van der Waals surface area contributed by atoms with Crippen LogP contribution in [0.15, 0.2) is 91.0 Å². The molecule has 1 aliphatic heterocycles. The Balaban J connectivity index is 1.08. The standard InChI is InChI=1S/C42H49N5O5/c48-40(43-33-20-8-11-23-38(33)51-28-30-14-3-1-4-15-30)27-47-37(26-35(45-47)42(50)46-25-13-19-32-18-7-10-22-36(32)46)41(49)44-34-21-9-12-24-39(34)52-29-31-16-5-2-6-17-31/h1-7,10,14-18,22,26,33-34,38-39H,8-9,11-13,19-21,23-25,27-29H2,(H,43,48)(H,44,49)/t33-,34-,38-,39-/m0/s1. The van der Waals surface area contributed by atoms with Crippen molar-refractivity contribution in [2.24, 2.45) is 0 Å². The number of carbonyl (C=O) groups excluding carboxylic acids is 3. The van der Waals surface area contributed by atoms with Gasteiger partial charge in [0.2, 0.25) is 5.91 Å². The van der Waals surface area contributed by atoms with Crippen LogP contribution in [0.25, 0.3) is 0 Å². The van der Waals surface area contributed by atoms with Crippen LogP contribution in [0.2, 0.25) is 0 Å². The Morgan fingerprint density at radius 1 is 0.692 bits per heavy atom. The molecule has 2 fully saturated rings. The molecule has 2 N–H and O–H groups in total. The zero-order valence-electron chi connectivity index (χ0n) is 29.8. The van der Waals surface area contributed by atoms with Crippen LogP contribution < -0.4 is 15.5 Å². The summed E-state index contributed by atoms with van der Waals surface area (Å²) in [6, 6.07) is 29.1. The minimum absolute atomic E-state index is 0.117. The van der Waals surface area contributed by atoms with Gasteiger partial charge in [-0.05, 0) is 61.3 Å². The second-order valence-electron chi connectivity index (χ2n) is 14.3. The van der Waals surface area contributed by atoms with Gasteiger partial charge < -0.3 is 25.0 Å². The van der Waals surface area contributed by atoms with Crippen LogP contribution >= 0.6 is 0 Å². The third-order valence-corrected chi connectivity index (χ3v) is 10.6. The van der Waals surface area contributed by atoms with Gasteiger partial charge in [-0.3, -0.25) is 14.4 Å². The lowest BCUT2D eigenvalue weighted by Crippen LogP contribution is -2.48. The number of aryl methyl sites for hydroxylation is 1. The Kier molecular flexibility index (Phi) is 11.7. The van der Waals surface area contributed by atoms with Gasteiger partial charge in [0.05, 0.1) is 37.5 Å². The van der Waals surface area contributed by atoms with Crippen LogP contribution in [-0.2, 0) is 40.4 Å². The van der Waals surface area contributed by atoms with E-state index in [0.717, 1.165) is 86.6 Å². The number of rotatable bonds is 12. The highest BCUT2D eigenvalue weighted by molar-refractivity contribution is 6.07. The number of nitrogens with zero attached hydrogens (tertiary/aromatic N) is 3. The molecule has 52 heavy (non-hydrogen) atoms. The summed E-state index contributed by atoms with van der Waals surface area (Å²) in [5, 5.41) is 11.0. The summed E-state index contributed by atoms with van der Waals surface area (Å²) in [7, 11) is 0. The molecule has 0 unspecified atom stereocenters. The second kappa shape index (κ2) is 17.1. The lowest BCUT2D eigenvalue weighted by atomic mass is 9.92. The third kappa shape index (κ3) is 8.80. The van der Waals surface area contributed by atoms with Crippen LogP contribution in [0.1, 0.15) is 95.5 Å². The van der Waals surface area contributed by atoms with E-state index in [9.17, 15) is 14.4 Å². The van der Waals surface area contributed by atoms with Crippen molar-refractivity contribution in [1.82, 2.24) is 20.4 Å². The number of nitrogens with one attached hydrogen (secondary N) is 2. The van der Waals surface area contributed by atoms with Crippen LogP contribution in [-0.4, -0.2) is 58.3 Å². The van der Waals surface area contributed by atoms with E-state index in [1.54, 1.807) is 4.90 Å². The van der Waals surface area contributed by atoms with E-state index in [-0.39, 0.29) is 59.9 Å². The van der Waals surface area contributed by atoms with Gasteiger partial charge in [0.1, 0.15) is 12.2 Å². The summed E-state index contributed by atoms with van der Waals surface area (Å²) in [6.07, 6.45) is 8.79. The van der Waals surface area contributed by atoms with Gasteiger partial charge in [0.15, 0.2) is 5.69 Å². The molecule has 3 amide bonds. The molecule has 4 atom stereocenters. The van der Waals surface area contributed by atoms with Gasteiger partial charge in [0, 0.05) is 18.3 Å². The Labute approximate surface area is 305 Å². The highest BCUT2D eigenvalue weighted by Crippen LogP contribution is 2.29. The van der Waals surface area contributed by atoms with Crippen LogP contribution in [0, 0.1) is 0 Å². The van der Waals surface area contributed by atoms with Gasteiger partial charge in [-0.2, -0.15) is 5.10 Å². The predicted molar refractivity (Wildman–Crippen MR) is 199 cm³/mol. The number of carbonyl (C=O) groups is 3. The molecule has 0 spiro atoms. The first-order valence-electron chi connectivity index (χ1n) is 18.9. The van der Waals surface area contributed by atoms with E-state index >= 15 is 0 Å². The average molecular weight is 704 g/mol. The molecule has 3 aliphatic rings. The highest BCUT2D eigenvalue weighted by atomic mass is 16.5. The van der Waals surface area contributed by atoms with Crippen LogP contribution in [0.5, 0.6) is 0 Å². The van der Waals surface area contributed by atoms with Crippen molar-refractivity contribution >= 4 is 23.4 Å². The monoisotopic (exact) mass is 703 g/mol. The van der Waals surface area contributed by atoms with Gasteiger partial charge in [-0.1, -0.05) is 105 Å². The van der Waals surface area contributed by atoms with Crippen molar-refractivity contribution in [3.05, 3.63) is 119 Å². The first-order valence-corrected chi connectivity index (χ1v) is 18.9. The lowest BCUT2D eigenvalue weighted by Gasteiger charge is -2.32. The summed E-state index contributed by atoms with van der Waals surface area (Å²) in [5.74, 6) is -0.939. The van der Waals surface area contributed by atoms with Gasteiger partial charge >= 0.3 is 0 Å². The van der Waals surface area contributed by atoms with Crippen molar-refractivity contribution in [2.45, 2.75) is 108 Å². The topological polar surface area (TPSA) is 115 Å². The number of benzene rings is 3. The average Bonchev–Trinajstić information content (AvgIpc) is 3.61. The van der Waals surface area contributed by atoms with Crippen LogP contribution in [0.4, 0.5) is 5.69 Å². The van der Waals surface area contributed by atoms with Crippen molar-refractivity contribution < 1.29 is 23.9 Å². The lowest BCUT2D eigenvalue weighted by molar-refractivity contribution is -0.124. The molecule has 2 saturated carbocycles. The molecule has 2 aliphatic carbocycles. The fourth-order valence-corrected chi connectivity index (χ4v) is 7.82. The summed E-state index contributed by atoms with van der Waals surface area (Å²) >= 11 is 0. The maximum Gasteiger partial charge on any atom is 0.278 e. The molecule has 0 radical (unpaired) electrons. The van der Waals surface area contributed by atoms with Gasteiger partial charge in [-0.15, -0.1) is 0 Å². The molecule has 1 aromatic heterocycles. The number of hydrogen-bond donors (Lipinski definition) is 2. The Morgan fingerprint density at radius 2 is 1.27 bits per heavy atom. The molecule has 4 aromatic rings.